The lowest BCUT2D eigenvalue weighted by Crippen LogP contribution is -2.36. The highest BCUT2D eigenvalue weighted by Crippen LogP contribution is 2.28. The highest BCUT2D eigenvalue weighted by Gasteiger charge is 2.22. The Bertz CT molecular complexity index is 155. The van der Waals surface area contributed by atoms with Crippen molar-refractivity contribution in [2.75, 3.05) is 6.54 Å². The van der Waals surface area contributed by atoms with Gasteiger partial charge in [0.05, 0.1) is 0 Å². The maximum absolute atomic E-state index is 3.74. The normalized spacial score (nSPS) is 32.9. The van der Waals surface area contributed by atoms with Gasteiger partial charge in [-0.05, 0) is 50.5 Å². The van der Waals surface area contributed by atoms with E-state index in [0.29, 0.717) is 0 Å². The van der Waals surface area contributed by atoms with E-state index >= 15 is 0 Å². The second-order valence-electron chi connectivity index (χ2n) is 5.00. The SMILES string of the molecule is C=CCCCNC1CC(C)CC(C)C1. The molecule has 0 amide bonds. The van der Waals surface area contributed by atoms with Gasteiger partial charge in [0.15, 0.2) is 0 Å². The minimum absolute atomic E-state index is 0.776. The van der Waals surface area contributed by atoms with Crippen molar-refractivity contribution in [2.24, 2.45) is 11.8 Å². The van der Waals surface area contributed by atoms with Crippen molar-refractivity contribution >= 4 is 0 Å². The Morgan fingerprint density at radius 2 is 1.86 bits per heavy atom. The highest BCUT2D eigenvalue weighted by atomic mass is 14.9. The van der Waals surface area contributed by atoms with Crippen molar-refractivity contribution in [2.45, 2.75) is 52.0 Å². The molecule has 1 nitrogen and oxygen atoms in total. The van der Waals surface area contributed by atoms with Crippen molar-refractivity contribution in [3.8, 4) is 0 Å². The van der Waals surface area contributed by atoms with Crippen molar-refractivity contribution in [1.82, 2.24) is 5.32 Å². The molecular weight excluding hydrogens is 170 g/mol. The van der Waals surface area contributed by atoms with Crippen LogP contribution in [0.5, 0.6) is 0 Å². The molecule has 0 aromatic rings. The zero-order valence-corrected chi connectivity index (χ0v) is 9.76. The zero-order valence-electron chi connectivity index (χ0n) is 9.76. The largest absolute Gasteiger partial charge is 0.314 e. The van der Waals surface area contributed by atoms with Gasteiger partial charge in [0.2, 0.25) is 0 Å². The smallest absolute Gasteiger partial charge is 0.00721 e. The van der Waals surface area contributed by atoms with E-state index in [1.165, 1.54) is 25.7 Å². The summed E-state index contributed by atoms with van der Waals surface area (Å²) in [6.45, 7) is 9.67. The van der Waals surface area contributed by atoms with E-state index in [4.69, 9.17) is 0 Å². The third-order valence-electron chi connectivity index (χ3n) is 3.20. The summed E-state index contributed by atoms with van der Waals surface area (Å²) in [7, 11) is 0. The highest BCUT2D eigenvalue weighted by molar-refractivity contribution is 4.79. The van der Waals surface area contributed by atoms with Gasteiger partial charge in [-0.3, -0.25) is 0 Å². The Morgan fingerprint density at radius 1 is 1.21 bits per heavy atom. The second-order valence-corrected chi connectivity index (χ2v) is 5.00. The monoisotopic (exact) mass is 195 g/mol. The molecule has 0 aromatic carbocycles. The van der Waals surface area contributed by atoms with Crippen LogP contribution in [0.15, 0.2) is 12.7 Å². The second kappa shape index (κ2) is 6.23. The zero-order chi connectivity index (χ0) is 10.4. The van der Waals surface area contributed by atoms with Gasteiger partial charge in [-0.25, -0.2) is 0 Å². The molecule has 0 spiro atoms. The molecule has 1 aliphatic carbocycles. The molecule has 1 fully saturated rings. The minimum Gasteiger partial charge on any atom is -0.314 e. The first-order chi connectivity index (χ1) is 6.72. The van der Waals surface area contributed by atoms with Crippen LogP contribution in [0.2, 0.25) is 0 Å². The number of allylic oxidation sites excluding steroid dienone is 1. The van der Waals surface area contributed by atoms with E-state index in [0.717, 1.165) is 30.8 Å². The average molecular weight is 195 g/mol. The number of hydrogen-bond acceptors (Lipinski definition) is 1. The van der Waals surface area contributed by atoms with Crippen LogP contribution in [-0.4, -0.2) is 12.6 Å². The number of nitrogens with one attached hydrogen (secondary N) is 1. The Balaban J connectivity index is 2.13. The van der Waals surface area contributed by atoms with Gasteiger partial charge in [-0.15, -0.1) is 6.58 Å². The van der Waals surface area contributed by atoms with Gasteiger partial charge < -0.3 is 5.32 Å². The molecule has 14 heavy (non-hydrogen) atoms. The van der Waals surface area contributed by atoms with Gasteiger partial charge in [-0.1, -0.05) is 19.9 Å². The molecule has 82 valence electrons. The Labute approximate surface area is 89.0 Å². The molecule has 0 heterocycles. The molecule has 0 saturated heterocycles. The Hall–Kier alpha value is -0.300. The molecule has 0 aromatic heterocycles. The van der Waals surface area contributed by atoms with Gasteiger partial charge in [0.1, 0.15) is 0 Å². The molecular formula is C13H25N. The fourth-order valence-electron chi connectivity index (χ4n) is 2.67. The lowest BCUT2D eigenvalue weighted by Gasteiger charge is -2.32. The van der Waals surface area contributed by atoms with E-state index in [2.05, 4.69) is 25.7 Å². The molecule has 2 unspecified atom stereocenters. The van der Waals surface area contributed by atoms with Gasteiger partial charge >= 0.3 is 0 Å². The summed E-state index contributed by atoms with van der Waals surface area (Å²) in [5, 5.41) is 3.67. The summed E-state index contributed by atoms with van der Waals surface area (Å²) in [5.74, 6) is 1.83. The van der Waals surface area contributed by atoms with Gasteiger partial charge in [0, 0.05) is 6.04 Å². The molecule has 0 aliphatic heterocycles. The lowest BCUT2D eigenvalue weighted by molar-refractivity contribution is 0.239. The van der Waals surface area contributed by atoms with Crippen LogP contribution in [0.4, 0.5) is 0 Å². The molecule has 1 aliphatic rings. The summed E-state index contributed by atoms with van der Waals surface area (Å²) < 4.78 is 0. The molecule has 1 rings (SSSR count). The predicted octanol–water partition coefficient (Wildman–Crippen LogP) is 3.37. The maximum Gasteiger partial charge on any atom is 0.00721 e. The summed E-state index contributed by atoms with van der Waals surface area (Å²) >= 11 is 0. The van der Waals surface area contributed by atoms with Crippen LogP contribution in [-0.2, 0) is 0 Å². The Morgan fingerprint density at radius 3 is 2.43 bits per heavy atom. The number of unbranched alkanes of at least 4 members (excludes halogenated alkanes) is 1. The fourth-order valence-corrected chi connectivity index (χ4v) is 2.67. The predicted molar refractivity (Wildman–Crippen MR) is 63.4 cm³/mol. The summed E-state index contributed by atoms with van der Waals surface area (Å²) in [4.78, 5) is 0. The minimum atomic E-state index is 0.776. The number of hydrogen-bond donors (Lipinski definition) is 1. The first-order valence-corrected chi connectivity index (χ1v) is 6.06. The molecule has 2 atom stereocenters. The van der Waals surface area contributed by atoms with E-state index in [-0.39, 0.29) is 0 Å². The fraction of sp³-hybridized carbons (Fsp3) is 0.846. The van der Waals surface area contributed by atoms with Crippen LogP contribution in [0.3, 0.4) is 0 Å². The van der Waals surface area contributed by atoms with Crippen LogP contribution >= 0.6 is 0 Å². The van der Waals surface area contributed by atoms with E-state index in [9.17, 15) is 0 Å². The van der Waals surface area contributed by atoms with Crippen molar-refractivity contribution < 1.29 is 0 Å². The first-order valence-electron chi connectivity index (χ1n) is 6.06. The van der Waals surface area contributed by atoms with Crippen molar-refractivity contribution in [3.05, 3.63) is 12.7 Å². The van der Waals surface area contributed by atoms with Crippen LogP contribution in [0.25, 0.3) is 0 Å². The van der Waals surface area contributed by atoms with Gasteiger partial charge in [0.25, 0.3) is 0 Å². The molecule has 0 radical (unpaired) electrons. The van der Waals surface area contributed by atoms with E-state index < -0.39 is 0 Å². The number of rotatable bonds is 5. The van der Waals surface area contributed by atoms with Crippen molar-refractivity contribution in [1.29, 1.82) is 0 Å². The molecule has 1 heteroatoms. The molecule has 1 saturated carbocycles. The standard InChI is InChI=1S/C13H25N/c1-4-5-6-7-14-13-9-11(2)8-12(3)10-13/h4,11-14H,1,5-10H2,2-3H3. The quantitative estimate of drug-likeness (QED) is 0.524. The molecule has 0 bridgehead atoms. The summed E-state index contributed by atoms with van der Waals surface area (Å²) in [5.41, 5.74) is 0. The van der Waals surface area contributed by atoms with Gasteiger partial charge in [-0.2, -0.15) is 0 Å². The first kappa shape index (κ1) is 11.8. The Kier molecular flexibility index (Phi) is 5.24. The maximum atomic E-state index is 3.74. The summed E-state index contributed by atoms with van der Waals surface area (Å²) in [6, 6.07) is 0.776. The third kappa shape index (κ3) is 4.28. The van der Waals surface area contributed by atoms with E-state index in [1.807, 2.05) is 6.08 Å². The average Bonchev–Trinajstić information content (AvgIpc) is 2.11. The molecule has 1 N–H and O–H groups in total. The van der Waals surface area contributed by atoms with Crippen LogP contribution < -0.4 is 5.32 Å². The third-order valence-corrected chi connectivity index (χ3v) is 3.20. The van der Waals surface area contributed by atoms with Crippen molar-refractivity contribution in [3.63, 3.8) is 0 Å². The van der Waals surface area contributed by atoms with Crippen LogP contribution in [0.1, 0.15) is 46.0 Å². The topological polar surface area (TPSA) is 12.0 Å². The van der Waals surface area contributed by atoms with E-state index in [1.54, 1.807) is 0 Å². The van der Waals surface area contributed by atoms with Crippen LogP contribution in [0, 0.1) is 11.8 Å². The summed E-state index contributed by atoms with van der Waals surface area (Å²) in [6.07, 6.45) is 8.56. The lowest BCUT2D eigenvalue weighted by atomic mass is 9.80.